The summed E-state index contributed by atoms with van der Waals surface area (Å²) in [6.07, 6.45) is 1.51. The van der Waals surface area contributed by atoms with Crippen LogP contribution >= 0.6 is 0 Å². The maximum Gasteiger partial charge on any atom is 0.178 e. The van der Waals surface area contributed by atoms with Crippen LogP contribution in [-0.2, 0) is 14.3 Å². The molecule has 0 amide bonds. The van der Waals surface area contributed by atoms with Crippen LogP contribution in [0.1, 0.15) is 13.8 Å². The average Bonchev–Trinajstić information content (AvgIpc) is 2.07. The number of rotatable bonds is 3. The summed E-state index contributed by atoms with van der Waals surface area (Å²) in [7, 11) is 0. The van der Waals surface area contributed by atoms with E-state index in [2.05, 4.69) is 0 Å². The summed E-state index contributed by atoms with van der Waals surface area (Å²) in [4.78, 5) is 10.4. The molecular weight excluding hydrogens is 172 g/mol. The highest BCUT2D eigenvalue weighted by molar-refractivity contribution is 5.58. The fourth-order valence-corrected chi connectivity index (χ4v) is 1.05. The minimum Gasteiger partial charge on any atom is -0.386 e. The van der Waals surface area contributed by atoms with Crippen LogP contribution in [0.4, 0.5) is 0 Å². The van der Waals surface area contributed by atoms with Crippen molar-refractivity contribution in [2.45, 2.75) is 38.4 Å². The zero-order chi connectivity index (χ0) is 9.84. The summed E-state index contributed by atoms with van der Waals surface area (Å²) in [5, 5.41) is 9.22. The van der Waals surface area contributed by atoms with Crippen LogP contribution in [-0.4, -0.2) is 36.0 Å². The van der Waals surface area contributed by atoms with Crippen LogP contribution < -0.4 is 0 Å². The lowest BCUT2D eigenvalue weighted by Crippen LogP contribution is -2.38. The van der Waals surface area contributed by atoms with E-state index in [4.69, 9.17) is 9.47 Å². The van der Waals surface area contributed by atoms with Gasteiger partial charge in [0.05, 0.1) is 6.10 Å². The number of hydrogen-bond acceptors (Lipinski definition) is 4. The average molecular weight is 186 g/mol. The van der Waals surface area contributed by atoms with E-state index in [1.807, 2.05) is 13.8 Å². The van der Waals surface area contributed by atoms with Gasteiger partial charge in [0.2, 0.25) is 0 Å². The molecule has 0 aromatic heterocycles. The van der Waals surface area contributed by atoms with E-state index in [1.54, 1.807) is 6.08 Å². The monoisotopic (exact) mass is 186 g/mol. The van der Waals surface area contributed by atoms with Crippen LogP contribution in [0.25, 0.3) is 0 Å². The lowest BCUT2D eigenvalue weighted by Gasteiger charge is -2.27. The Kier molecular flexibility index (Phi) is 3.59. The standard InChI is InChI=1S/C9H14O4/c1-6(2)12-9-4-3-7(11)8(5-10)13-9/h3-9,11H,1-2H3. The minimum atomic E-state index is -0.857. The first-order valence-corrected chi connectivity index (χ1v) is 4.26. The van der Waals surface area contributed by atoms with E-state index in [-0.39, 0.29) is 6.10 Å². The van der Waals surface area contributed by atoms with Gasteiger partial charge in [0.25, 0.3) is 0 Å². The molecule has 1 N–H and O–H groups in total. The van der Waals surface area contributed by atoms with Gasteiger partial charge in [-0.05, 0) is 19.9 Å². The lowest BCUT2D eigenvalue weighted by molar-refractivity contribution is -0.183. The molecule has 0 aromatic rings. The molecule has 0 aliphatic carbocycles. The maximum absolute atomic E-state index is 10.4. The highest BCUT2D eigenvalue weighted by atomic mass is 16.7. The van der Waals surface area contributed by atoms with E-state index in [9.17, 15) is 9.90 Å². The van der Waals surface area contributed by atoms with Gasteiger partial charge in [-0.15, -0.1) is 0 Å². The van der Waals surface area contributed by atoms with E-state index < -0.39 is 18.5 Å². The van der Waals surface area contributed by atoms with Gasteiger partial charge in [0, 0.05) is 0 Å². The van der Waals surface area contributed by atoms with Crippen molar-refractivity contribution in [3.05, 3.63) is 12.2 Å². The topological polar surface area (TPSA) is 55.8 Å². The predicted molar refractivity (Wildman–Crippen MR) is 46.1 cm³/mol. The molecule has 1 aliphatic rings. The Balaban J connectivity index is 2.52. The number of carbonyl (C=O) groups excluding carboxylic acids is 1. The van der Waals surface area contributed by atoms with Gasteiger partial charge in [0.1, 0.15) is 12.2 Å². The summed E-state index contributed by atoms with van der Waals surface area (Å²) in [6.45, 7) is 3.75. The van der Waals surface area contributed by atoms with Crippen molar-refractivity contribution in [1.82, 2.24) is 0 Å². The molecule has 3 unspecified atom stereocenters. The van der Waals surface area contributed by atoms with E-state index in [0.717, 1.165) is 0 Å². The van der Waals surface area contributed by atoms with E-state index in [0.29, 0.717) is 6.29 Å². The van der Waals surface area contributed by atoms with Gasteiger partial charge < -0.3 is 19.4 Å². The minimum absolute atomic E-state index is 0.0252. The molecule has 0 saturated heterocycles. The summed E-state index contributed by atoms with van der Waals surface area (Å²) in [5.41, 5.74) is 0. The van der Waals surface area contributed by atoms with Gasteiger partial charge in [-0.1, -0.05) is 6.08 Å². The number of aliphatic hydroxyl groups excluding tert-OH is 1. The molecule has 4 nitrogen and oxygen atoms in total. The van der Waals surface area contributed by atoms with Crippen molar-refractivity contribution in [3.63, 3.8) is 0 Å². The molecule has 0 radical (unpaired) electrons. The van der Waals surface area contributed by atoms with Gasteiger partial charge in [-0.25, -0.2) is 0 Å². The first-order chi connectivity index (χ1) is 6.13. The normalized spacial score (nSPS) is 33.7. The molecule has 1 aliphatic heterocycles. The zero-order valence-corrected chi connectivity index (χ0v) is 7.71. The Morgan fingerprint density at radius 2 is 2.23 bits per heavy atom. The molecule has 3 atom stereocenters. The Hall–Kier alpha value is -0.710. The highest BCUT2D eigenvalue weighted by Crippen LogP contribution is 2.13. The van der Waals surface area contributed by atoms with Crippen molar-refractivity contribution >= 4 is 6.29 Å². The fourth-order valence-electron chi connectivity index (χ4n) is 1.05. The third-order valence-electron chi connectivity index (χ3n) is 1.63. The van der Waals surface area contributed by atoms with E-state index in [1.165, 1.54) is 6.08 Å². The quantitative estimate of drug-likeness (QED) is 0.507. The Morgan fingerprint density at radius 1 is 1.54 bits per heavy atom. The van der Waals surface area contributed by atoms with Crippen molar-refractivity contribution < 1.29 is 19.4 Å². The molecule has 1 rings (SSSR count). The fraction of sp³-hybridized carbons (Fsp3) is 0.667. The van der Waals surface area contributed by atoms with Gasteiger partial charge in [0.15, 0.2) is 12.6 Å². The van der Waals surface area contributed by atoms with Crippen molar-refractivity contribution in [1.29, 1.82) is 0 Å². The summed E-state index contributed by atoms with van der Waals surface area (Å²) in [5.74, 6) is 0. The molecule has 74 valence electrons. The zero-order valence-electron chi connectivity index (χ0n) is 7.71. The largest absolute Gasteiger partial charge is 0.386 e. The molecule has 13 heavy (non-hydrogen) atoms. The number of carbonyl (C=O) groups is 1. The van der Waals surface area contributed by atoms with Gasteiger partial charge >= 0.3 is 0 Å². The van der Waals surface area contributed by atoms with Crippen LogP contribution in [0.15, 0.2) is 12.2 Å². The van der Waals surface area contributed by atoms with Gasteiger partial charge in [-0.3, -0.25) is 0 Å². The Labute approximate surface area is 77.1 Å². The summed E-state index contributed by atoms with van der Waals surface area (Å²) in [6, 6.07) is 0. The summed E-state index contributed by atoms with van der Waals surface area (Å²) < 4.78 is 10.4. The predicted octanol–water partition coefficient (Wildman–Crippen LogP) is 0.252. The highest BCUT2D eigenvalue weighted by Gasteiger charge is 2.25. The van der Waals surface area contributed by atoms with Crippen molar-refractivity contribution in [3.8, 4) is 0 Å². The molecule has 0 fully saturated rings. The third kappa shape index (κ3) is 2.91. The van der Waals surface area contributed by atoms with E-state index >= 15 is 0 Å². The molecule has 0 aromatic carbocycles. The molecule has 4 heteroatoms. The van der Waals surface area contributed by atoms with Crippen LogP contribution in [0.5, 0.6) is 0 Å². The second kappa shape index (κ2) is 4.50. The summed E-state index contributed by atoms with van der Waals surface area (Å²) >= 11 is 0. The van der Waals surface area contributed by atoms with Crippen LogP contribution in [0.2, 0.25) is 0 Å². The molecule has 0 saturated carbocycles. The molecular formula is C9H14O4. The number of aldehydes is 1. The second-order valence-corrected chi connectivity index (χ2v) is 3.17. The number of hydrogen-bond donors (Lipinski definition) is 1. The lowest BCUT2D eigenvalue weighted by atomic mass is 10.1. The molecule has 0 bridgehead atoms. The SMILES string of the molecule is CC(C)OC1C=CC(O)C(C=O)O1. The first kappa shape index (κ1) is 10.4. The van der Waals surface area contributed by atoms with Crippen molar-refractivity contribution in [2.75, 3.05) is 0 Å². The Morgan fingerprint density at radius 3 is 2.77 bits per heavy atom. The molecule has 1 heterocycles. The Bertz CT molecular complexity index is 200. The van der Waals surface area contributed by atoms with Crippen LogP contribution in [0, 0.1) is 0 Å². The van der Waals surface area contributed by atoms with Crippen LogP contribution in [0.3, 0.4) is 0 Å². The van der Waals surface area contributed by atoms with Crippen molar-refractivity contribution in [2.24, 2.45) is 0 Å². The van der Waals surface area contributed by atoms with Gasteiger partial charge in [-0.2, -0.15) is 0 Å². The maximum atomic E-state index is 10.4. The smallest absolute Gasteiger partial charge is 0.178 e. The first-order valence-electron chi connectivity index (χ1n) is 4.26. The second-order valence-electron chi connectivity index (χ2n) is 3.17. The molecule has 0 spiro atoms. The number of ether oxygens (including phenoxy) is 2. The third-order valence-corrected chi connectivity index (χ3v) is 1.63. The number of aliphatic hydroxyl groups is 1.